The number of likely N-dealkylation sites (tertiary alicyclic amines) is 1. The van der Waals surface area contributed by atoms with Crippen molar-refractivity contribution in [2.24, 2.45) is 12.0 Å². The van der Waals surface area contributed by atoms with Gasteiger partial charge in [-0.2, -0.15) is 0 Å². The van der Waals surface area contributed by atoms with Gasteiger partial charge in [-0.3, -0.25) is 4.90 Å². The van der Waals surface area contributed by atoms with Gasteiger partial charge in [0, 0.05) is 33.4 Å². The molecule has 0 aliphatic carbocycles. The van der Waals surface area contributed by atoms with Gasteiger partial charge in [0.2, 0.25) is 0 Å². The monoisotopic (exact) mass is 431 g/mol. The van der Waals surface area contributed by atoms with E-state index in [4.69, 9.17) is 14.1 Å². The van der Waals surface area contributed by atoms with Crippen LogP contribution < -0.4 is 10.6 Å². The Bertz CT molecular complexity index is 782. The lowest BCUT2D eigenvalue weighted by atomic mass is 10.1. The molecule has 1 fully saturated rings. The zero-order valence-corrected chi connectivity index (χ0v) is 19.1. The average molecular weight is 432 g/mol. The Morgan fingerprint density at radius 1 is 1.26 bits per heavy atom. The molecule has 1 aliphatic rings. The normalized spacial score (nSPS) is 16.4. The van der Waals surface area contributed by atoms with Crippen LogP contribution in [0.1, 0.15) is 56.1 Å². The van der Waals surface area contributed by atoms with Crippen molar-refractivity contribution in [3.05, 3.63) is 35.8 Å². The number of aryl methyl sites for hydroxylation is 1. The van der Waals surface area contributed by atoms with Crippen LogP contribution in [0.2, 0.25) is 0 Å². The molecule has 0 saturated carbocycles. The summed E-state index contributed by atoms with van der Waals surface area (Å²) >= 11 is 0. The van der Waals surface area contributed by atoms with Crippen LogP contribution in [-0.2, 0) is 18.3 Å². The molecule has 0 bridgehead atoms. The minimum absolute atomic E-state index is 0.183. The zero-order chi connectivity index (χ0) is 21.9. The van der Waals surface area contributed by atoms with Crippen molar-refractivity contribution in [3.8, 4) is 0 Å². The second kappa shape index (κ2) is 12.5. The van der Waals surface area contributed by atoms with Crippen molar-refractivity contribution < 1.29 is 9.15 Å². The fourth-order valence-electron chi connectivity index (χ4n) is 3.75. The highest BCUT2D eigenvalue weighted by Crippen LogP contribution is 2.24. The number of nitrogens with one attached hydrogen (secondary N) is 2. The average Bonchev–Trinajstić information content (AvgIpc) is 3.43. The number of hydrogen-bond donors (Lipinski definition) is 2. The van der Waals surface area contributed by atoms with Gasteiger partial charge in [-0.25, -0.2) is 4.99 Å². The first-order valence-corrected chi connectivity index (χ1v) is 11.4. The molecule has 3 rings (SSSR count). The van der Waals surface area contributed by atoms with E-state index in [1.54, 1.807) is 6.26 Å². The Labute approximate surface area is 185 Å². The van der Waals surface area contributed by atoms with E-state index < -0.39 is 0 Å². The first kappa shape index (κ1) is 23.3. The van der Waals surface area contributed by atoms with Gasteiger partial charge in [-0.05, 0) is 58.3 Å². The Hall–Kier alpha value is -2.39. The number of piperidine rings is 1. The van der Waals surface area contributed by atoms with Gasteiger partial charge in [0.1, 0.15) is 18.1 Å². The van der Waals surface area contributed by atoms with Crippen LogP contribution in [0.4, 0.5) is 0 Å². The van der Waals surface area contributed by atoms with Gasteiger partial charge in [0.25, 0.3) is 0 Å². The van der Waals surface area contributed by atoms with Gasteiger partial charge in [-0.1, -0.05) is 6.42 Å². The van der Waals surface area contributed by atoms with Crippen molar-refractivity contribution in [3.63, 3.8) is 0 Å². The Morgan fingerprint density at radius 2 is 2.10 bits per heavy atom. The summed E-state index contributed by atoms with van der Waals surface area (Å²) in [5.74, 6) is 3.48. The predicted octanol–water partition coefficient (Wildman–Crippen LogP) is 2.41. The molecular formula is C22H37N7O2. The fourth-order valence-corrected chi connectivity index (χ4v) is 3.75. The molecule has 2 aromatic heterocycles. The molecule has 0 amide bonds. The zero-order valence-electron chi connectivity index (χ0n) is 19.1. The summed E-state index contributed by atoms with van der Waals surface area (Å²) in [4.78, 5) is 7.27. The van der Waals surface area contributed by atoms with E-state index in [1.165, 1.54) is 19.3 Å². The van der Waals surface area contributed by atoms with Crippen LogP contribution in [0.25, 0.3) is 0 Å². The third kappa shape index (κ3) is 7.07. The molecule has 0 aromatic carbocycles. The number of ether oxygens (including phenoxy) is 1. The summed E-state index contributed by atoms with van der Waals surface area (Å²) in [5, 5.41) is 15.3. The highest BCUT2D eigenvalue weighted by molar-refractivity contribution is 5.79. The summed E-state index contributed by atoms with van der Waals surface area (Å²) < 4.78 is 13.2. The van der Waals surface area contributed by atoms with Crippen LogP contribution in [-0.4, -0.2) is 65.0 Å². The molecular weight excluding hydrogens is 394 g/mol. The van der Waals surface area contributed by atoms with Gasteiger partial charge in [0.15, 0.2) is 11.8 Å². The number of furan rings is 1. The number of rotatable bonds is 11. The lowest BCUT2D eigenvalue weighted by Crippen LogP contribution is -2.44. The van der Waals surface area contributed by atoms with Gasteiger partial charge >= 0.3 is 0 Å². The Kier molecular flexibility index (Phi) is 9.36. The molecule has 31 heavy (non-hydrogen) atoms. The molecule has 2 aromatic rings. The molecule has 9 nitrogen and oxygen atoms in total. The summed E-state index contributed by atoms with van der Waals surface area (Å²) in [5.41, 5.74) is 0. The third-order valence-electron chi connectivity index (χ3n) is 5.69. The molecule has 1 saturated heterocycles. The second-order valence-electron chi connectivity index (χ2n) is 7.87. The second-order valence-corrected chi connectivity index (χ2v) is 7.87. The first-order chi connectivity index (χ1) is 15.2. The lowest BCUT2D eigenvalue weighted by Gasteiger charge is -2.33. The highest BCUT2D eigenvalue weighted by atomic mass is 16.5. The molecule has 1 aliphatic heterocycles. The molecule has 9 heteroatoms. The Morgan fingerprint density at radius 3 is 2.77 bits per heavy atom. The van der Waals surface area contributed by atoms with E-state index in [-0.39, 0.29) is 6.04 Å². The molecule has 3 heterocycles. The molecule has 0 spiro atoms. The lowest BCUT2D eigenvalue weighted by molar-refractivity contribution is 0.144. The van der Waals surface area contributed by atoms with Crippen LogP contribution in [0.15, 0.2) is 27.8 Å². The number of aromatic nitrogens is 3. The molecule has 2 N–H and O–H groups in total. The topological polar surface area (TPSA) is 92.7 Å². The number of nitrogens with zero attached hydrogens (tertiary/aromatic N) is 5. The Balaban J connectivity index is 1.64. The minimum atomic E-state index is 0.183. The number of hydrogen-bond acceptors (Lipinski definition) is 6. The van der Waals surface area contributed by atoms with E-state index in [1.807, 2.05) is 31.5 Å². The fraction of sp³-hybridized carbons (Fsp3) is 0.682. The molecule has 172 valence electrons. The van der Waals surface area contributed by atoms with Gasteiger partial charge in [-0.15, -0.1) is 10.2 Å². The van der Waals surface area contributed by atoms with Crippen molar-refractivity contribution in [1.29, 1.82) is 0 Å². The quantitative estimate of drug-likeness (QED) is 0.321. The highest BCUT2D eigenvalue weighted by Gasteiger charge is 2.24. The van der Waals surface area contributed by atoms with E-state index in [9.17, 15) is 0 Å². The summed E-state index contributed by atoms with van der Waals surface area (Å²) in [6.45, 7) is 9.61. The minimum Gasteiger partial charge on any atom is -0.468 e. The van der Waals surface area contributed by atoms with Crippen molar-refractivity contribution >= 4 is 5.96 Å². The SMILES string of the molecule is CCOCCCNC(=NCc1nnc(C)n1C)NCC(c1ccco1)N1CCCCC1. The summed E-state index contributed by atoms with van der Waals surface area (Å²) in [6, 6.07) is 4.21. The van der Waals surface area contributed by atoms with E-state index in [0.29, 0.717) is 6.54 Å². The summed E-state index contributed by atoms with van der Waals surface area (Å²) in [7, 11) is 1.96. The van der Waals surface area contributed by atoms with Gasteiger partial charge in [0.05, 0.1) is 12.3 Å². The molecule has 1 unspecified atom stereocenters. The van der Waals surface area contributed by atoms with E-state index in [2.05, 4.69) is 31.8 Å². The maximum absolute atomic E-state index is 5.77. The number of aliphatic imine (C=N–C) groups is 1. The van der Waals surface area contributed by atoms with Crippen molar-refractivity contribution in [2.45, 2.75) is 52.1 Å². The maximum Gasteiger partial charge on any atom is 0.191 e. The van der Waals surface area contributed by atoms with E-state index >= 15 is 0 Å². The standard InChI is InChI=1S/C22H37N7O2/c1-4-30-14-9-11-23-22(25-17-21-27-26-18(2)28(21)3)24-16-19(20-10-8-15-31-20)29-12-6-5-7-13-29/h8,10,15,19H,4-7,9,11-14,16-17H2,1-3H3,(H2,23,24,25). The van der Waals surface area contributed by atoms with Crippen molar-refractivity contribution in [1.82, 2.24) is 30.3 Å². The number of guanidine groups is 1. The largest absolute Gasteiger partial charge is 0.468 e. The predicted molar refractivity (Wildman–Crippen MR) is 121 cm³/mol. The van der Waals surface area contributed by atoms with E-state index in [0.717, 1.165) is 69.2 Å². The van der Waals surface area contributed by atoms with Crippen LogP contribution in [0, 0.1) is 6.92 Å². The third-order valence-corrected chi connectivity index (χ3v) is 5.69. The first-order valence-electron chi connectivity index (χ1n) is 11.4. The van der Waals surface area contributed by atoms with Gasteiger partial charge < -0.3 is 24.4 Å². The maximum atomic E-state index is 5.77. The van der Waals surface area contributed by atoms with Crippen LogP contribution >= 0.6 is 0 Å². The smallest absolute Gasteiger partial charge is 0.191 e. The molecule has 1 atom stereocenters. The molecule has 0 radical (unpaired) electrons. The van der Waals surface area contributed by atoms with Crippen LogP contribution in [0.5, 0.6) is 0 Å². The van der Waals surface area contributed by atoms with Crippen LogP contribution in [0.3, 0.4) is 0 Å². The summed E-state index contributed by atoms with van der Waals surface area (Å²) in [6.07, 6.45) is 6.45. The van der Waals surface area contributed by atoms with Crippen molar-refractivity contribution in [2.75, 3.05) is 39.4 Å².